The highest BCUT2D eigenvalue weighted by molar-refractivity contribution is 7.88. The predicted octanol–water partition coefficient (Wildman–Crippen LogP) is 1.98. The molecule has 0 N–H and O–H groups in total. The molecule has 1 unspecified atom stereocenters. The molecule has 1 aliphatic heterocycles. The van der Waals surface area contributed by atoms with Crippen LogP contribution in [0.2, 0.25) is 0 Å². The summed E-state index contributed by atoms with van der Waals surface area (Å²) in [6, 6.07) is 14.8. The fraction of sp³-hybridized carbons (Fsp3) is 0.312. The highest BCUT2D eigenvalue weighted by Gasteiger charge is 2.30. The van der Waals surface area contributed by atoms with Gasteiger partial charge in [0.2, 0.25) is 10.0 Å². The van der Waals surface area contributed by atoms with E-state index < -0.39 is 10.0 Å². The third-order valence-electron chi connectivity index (χ3n) is 3.63. The Morgan fingerprint density at radius 3 is 2.64 bits per heavy atom. The van der Waals surface area contributed by atoms with Crippen molar-refractivity contribution in [3.05, 3.63) is 66.0 Å². The van der Waals surface area contributed by atoms with Crippen LogP contribution in [0, 0.1) is 0 Å². The van der Waals surface area contributed by atoms with Gasteiger partial charge in [-0.05, 0) is 17.7 Å². The highest BCUT2D eigenvalue weighted by atomic mass is 32.2. The quantitative estimate of drug-likeness (QED) is 0.865. The molecule has 1 aromatic heterocycles. The number of hydrogen-bond donors (Lipinski definition) is 0. The molecule has 1 aliphatic rings. The first-order valence-corrected chi connectivity index (χ1v) is 8.80. The molecule has 0 aliphatic carbocycles. The fourth-order valence-electron chi connectivity index (χ4n) is 2.50. The Kier molecular flexibility index (Phi) is 4.52. The van der Waals surface area contributed by atoms with Crippen LogP contribution in [0.1, 0.15) is 17.4 Å². The molecule has 0 spiro atoms. The van der Waals surface area contributed by atoms with E-state index in [4.69, 9.17) is 4.74 Å². The summed E-state index contributed by atoms with van der Waals surface area (Å²) < 4.78 is 32.3. The molecule has 0 bridgehead atoms. The number of rotatable bonds is 4. The fourth-order valence-corrected chi connectivity index (χ4v) is 4.01. The van der Waals surface area contributed by atoms with Crippen LogP contribution in [0.3, 0.4) is 0 Å². The Hall–Kier alpha value is -1.76. The van der Waals surface area contributed by atoms with E-state index in [-0.39, 0.29) is 11.9 Å². The van der Waals surface area contributed by atoms with E-state index >= 15 is 0 Å². The van der Waals surface area contributed by atoms with Gasteiger partial charge in [-0.15, -0.1) is 0 Å². The minimum atomic E-state index is -3.35. The van der Waals surface area contributed by atoms with Crippen LogP contribution in [-0.4, -0.2) is 37.4 Å². The molecule has 1 saturated heterocycles. The molecule has 0 amide bonds. The molecule has 1 aromatic carbocycles. The molecule has 2 heterocycles. The van der Waals surface area contributed by atoms with Crippen LogP contribution in [0.4, 0.5) is 0 Å². The van der Waals surface area contributed by atoms with Gasteiger partial charge >= 0.3 is 0 Å². The zero-order chi connectivity index (χ0) is 15.4. The van der Waals surface area contributed by atoms with Gasteiger partial charge < -0.3 is 4.74 Å². The Morgan fingerprint density at radius 1 is 1.14 bits per heavy atom. The van der Waals surface area contributed by atoms with Crippen molar-refractivity contribution in [3.8, 4) is 0 Å². The van der Waals surface area contributed by atoms with Gasteiger partial charge in [0, 0.05) is 19.3 Å². The van der Waals surface area contributed by atoms with Crippen LogP contribution in [-0.2, 0) is 20.5 Å². The minimum Gasteiger partial charge on any atom is -0.369 e. The van der Waals surface area contributed by atoms with E-state index in [0.29, 0.717) is 19.7 Å². The van der Waals surface area contributed by atoms with Gasteiger partial charge in [-0.3, -0.25) is 4.98 Å². The van der Waals surface area contributed by atoms with Crippen LogP contribution >= 0.6 is 0 Å². The minimum absolute atomic E-state index is 0.0166. The van der Waals surface area contributed by atoms with E-state index in [0.717, 1.165) is 11.3 Å². The molecule has 2 aromatic rings. The van der Waals surface area contributed by atoms with Crippen molar-refractivity contribution < 1.29 is 13.2 Å². The van der Waals surface area contributed by atoms with Gasteiger partial charge in [-0.25, -0.2) is 8.42 Å². The van der Waals surface area contributed by atoms with Crippen molar-refractivity contribution in [2.45, 2.75) is 11.9 Å². The average molecular weight is 318 g/mol. The zero-order valence-corrected chi connectivity index (χ0v) is 12.9. The lowest BCUT2D eigenvalue weighted by molar-refractivity contribution is -0.00498. The summed E-state index contributed by atoms with van der Waals surface area (Å²) in [5, 5.41) is 0. The molecule has 22 heavy (non-hydrogen) atoms. The molecule has 3 rings (SSSR count). The SMILES string of the molecule is O=S(=O)(Cc1ccccc1)N1CCOC(c2ccccn2)C1. The number of sulfonamides is 1. The third-order valence-corrected chi connectivity index (χ3v) is 5.45. The lowest BCUT2D eigenvalue weighted by Crippen LogP contribution is -2.42. The number of aromatic nitrogens is 1. The van der Waals surface area contributed by atoms with Gasteiger partial charge in [0.1, 0.15) is 6.10 Å². The van der Waals surface area contributed by atoms with E-state index in [2.05, 4.69) is 4.98 Å². The maximum atomic E-state index is 12.6. The standard InChI is InChI=1S/C16H18N2O3S/c19-22(20,13-14-6-2-1-3-7-14)18-10-11-21-16(12-18)15-8-4-5-9-17-15/h1-9,16H,10-13H2. The highest BCUT2D eigenvalue weighted by Crippen LogP contribution is 2.23. The molecule has 6 heteroatoms. The second-order valence-electron chi connectivity index (χ2n) is 5.21. The lowest BCUT2D eigenvalue weighted by Gasteiger charge is -2.31. The Labute approximate surface area is 130 Å². The molecule has 5 nitrogen and oxygen atoms in total. The molecule has 0 saturated carbocycles. The second kappa shape index (κ2) is 6.56. The molecule has 116 valence electrons. The van der Waals surface area contributed by atoms with E-state index in [9.17, 15) is 8.42 Å². The van der Waals surface area contributed by atoms with Crippen molar-refractivity contribution in [1.82, 2.24) is 9.29 Å². The average Bonchev–Trinajstić information content (AvgIpc) is 2.56. The number of hydrogen-bond acceptors (Lipinski definition) is 4. The maximum Gasteiger partial charge on any atom is 0.218 e. The zero-order valence-electron chi connectivity index (χ0n) is 12.1. The number of pyridine rings is 1. The largest absolute Gasteiger partial charge is 0.369 e. The van der Waals surface area contributed by atoms with Crippen molar-refractivity contribution in [2.75, 3.05) is 19.7 Å². The molecule has 1 fully saturated rings. The number of benzene rings is 1. The Balaban J connectivity index is 1.74. The lowest BCUT2D eigenvalue weighted by atomic mass is 10.2. The van der Waals surface area contributed by atoms with Crippen molar-refractivity contribution in [1.29, 1.82) is 0 Å². The van der Waals surface area contributed by atoms with Crippen LogP contribution in [0.5, 0.6) is 0 Å². The van der Waals surface area contributed by atoms with Gasteiger partial charge in [-0.2, -0.15) is 4.31 Å². The van der Waals surface area contributed by atoms with Crippen molar-refractivity contribution in [2.24, 2.45) is 0 Å². The molecule has 1 atom stereocenters. The van der Waals surface area contributed by atoms with Gasteiger partial charge in [0.05, 0.1) is 18.1 Å². The smallest absolute Gasteiger partial charge is 0.218 e. The monoisotopic (exact) mass is 318 g/mol. The Morgan fingerprint density at radius 2 is 1.91 bits per heavy atom. The molecular formula is C16H18N2O3S. The van der Waals surface area contributed by atoms with Crippen LogP contribution in [0.25, 0.3) is 0 Å². The van der Waals surface area contributed by atoms with Gasteiger partial charge in [-0.1, -0.05) is 36.4 Å². The number of morpholine rings is 1. The summed E-state index contributed by atoms with van der Waals surface area (Å²) in [5.41, 5.74) is 1.56. The predicted molar refractivity (Wildman–Crippen MR) is 83.6 cm³/mol. The van der Waals surface area contributed by atoms with Crippen molar-refractivity contribution >= 4 is 10.0 Å². The van der Waals surface area contributed by atoms with Crippen LogP contribution in [0.15, 0.2) is 54.7 Å². The summed E-state index contributed by atoms with van der Waals surface area (Å²) in [4.78, 5) is 4.26. The first kappa shape index (κ1) is 15.1. The third kappa shape index (κ3) is 3.52. The van der Waals surface area contributed by atoms with Gasteiger partial charge in [0.25, 0.3) is 0 Å². The van der Waals surface area contributed by atoms with E-state index in [1.165, 1.54) is 4.31 Å². The normalized spacial score (nSPS) is 19.9. The van der Waals surface area contributed by atoms with E-state index in [1.54, 1.807) is 6.20 Å². The Bertz CT molecular complexity index is 705. The number of ether oxygens (including phenoxy) is 1. The second-order valence-corrected chi connectivity index (χ2v) is 7.18. The summed E-state index contributed by atoms with van der Waals surface area (Å²) in [7, 11) is -3.35. The molecular weight excluding hydrogens is 300 g/mol. The topological polar surface area (TPSA) is 59.5 Å². The first-order chi connectivity index (χ1) is 10.6. The van der Waals surface area contributed by atoms with Gasteiger partial charge in [0.15, 0.2) is 0 Å². The first-order valence-electron chi connectivity index (χ1n) is 7.19. The summed E-state index contributed by atoms with van der Waals surface area (Å²) in [6.07, 6.45) is 1.39. The summed E-state index contributed by atoms with van der Waals surface area (Å²) in [6.45, 7) is 1.08. The summed E-state index contributed by atoms with van der Waals surface area (Å²) in [5.74, 6) is 0.0166. The van der Waals surface area contributed by atoms with E-state index in [1.807, 2.05) is 48.5 Å². The maximum absolute atomic E-state index is 12.6. The van der Waals surface area contributed by atoms with Crippen LogP contribution < -0.4 is 0 Å². The van der Waals surface area contributed by atoms with Crippen molar-refractivity contribution in [3.63, 3.8) is 0 Å². The number of nitrogens with zero attached hydrogens (tertiary/aromatic N) is 2. The summed E-state index contributed by atoms with van der Waals surface area (Å²) >= 11 is 0. The molecule has 0 radical (unpaired) electrons.